The molecule has 0 bridgehead atoms. The molecule has 3 aromatic carbocycles. The van der Waals surface area contributed by atoms with Crippen LogP contribution in [-0.2, 0) is 0 Å². The van der Waals surface area contributed by atoms with Gasteiger partial charge in [0.1, 0.15) is 10.9 Å². The first-order valence-corrected chi connectivity index (χ1v) is 10.3. The molecule has 0 aromatic heterocycles. The zero-order chi connectivity index (χ0) is 19.8. The molecule has 0 spiro atoms. The van der Waals surface area contributed by atoms with Crippen molar-refractivity contribution in [2.45, 2.75) is 6.17 Å². The van der Waals surface area contributed by atoms with Crippen LogP contribution in [0.1, 0.15) is 17.3 Å². The van der Waals surface area contributed by atoms with Gasteiger partial charge >= 0.3 is 0 Å². The van der Waals surface area contributed by atoms with E-state index in [0.717, 1.165) is 16.3 Å². The van der Waals surface area contributed by atoms with Crippen LogP contribution in [-0.4, -0.2) is 20.3 Å². The number of amidine groups is 1. The van der Waals surface area contributed by atoms with Gasteiger partial charge in [-0.2, -0.15) is 10.1 Å². The predicted molar refractivity (Wildman–Crippen MR) is 121 cm³/mol. The first-order valence-electron chi connectivity index (χ1n) is 9.05. The number of rotatable bonds is 3. The van der Waals surface area contributed by atoms with Gasteiger partial charge in [-0.05, 0) is 42.2 Å². The molecule has 1 unspecified atom stereocenters. The normalized spacial score (nSPS) is 18.4. The summed E-state index contributed by atoms with van der Waals surface area (Å²) in [5, 5.41) is 8.28. The third kappa shape index (κ3) is 3.22. The maximum atomic E-state index is 14.7. The van der Waals surface area contributed by atoms with Crippen molar-refractivity contribution in [3.05, 3.63) is 102 Å². The minimum atomic E-state index is -0.602. The molecule has 0 aliphatic carbocycles. The van der Waals surface area contributed by atoms with E-state index in [4.69, 9.17) is 22.3 Å². The number of para-hydroxylation sites is 1. The van der Waals surface area contributed by atoms with Crippen LogP contribution < -0.4 is 4.90 Å². The quantitative estimate of drug-likeness (QED) is 0.533. The lowest BCUT2D eigenvalue weighted by Crippen LogP contribution is -2.47. The summed E-state index contributed by atoms with van der Waals surface area (Å²) in [5.41, 5.74) is 2.30. The molecular formula is C22H15FN4S2. The predicted octanol–water partition coefficient (Wildman–Crippen LogP) is 5.40. The summed E-state index contributed by atoms with van der Waals surface area (Å²) in [6.07, 6.45) is -0.602. The van der Waals surface area contributed by atoms with Crippen LogP contribution in [0.3, 0.4) is 0 Å². The van der Waals surface area contributed by atoms with Gasteiger partial charge in [0.15, 0.2) is 11.3 Å². The Balaban J connectivity index is 1.62. The zero-order valence-electron chi connectivity index (χ0n) is 15.1. The fourth-order valence-corrected chi connectivity index (χ4v) is 4.60. The lowest BCUT2D eigenvalue weighted by atomic mass is 10.1. The number of anilines is 1. The van der Waals surface area contributed by atoms with Crippen molar-refractivity contribution >= 4 is 45.0 Å². The molecule has 2 aliphatic rings. The van der Waals surface area contributed by atoms with E-state index in [2.05, 4.69) is 0 Å². The highest BCUT2D eigenvalue weighted by Crippen LogP contribution is 2.39. The molecule has 0 amide bonds. The molecule has 0 fully saturated rings. The van der Waals surface area contributed by atoms with E-state index in [1.54, 1.807) is 17.1 Å². The van der Waals surface area contributed by atoms with Crippen LogP contribution >= 0.6 is 24.0 Å². The number of benzene rings is 3. The topological polar surface area (TPSA) is 31.2 Å². The molecule has 5 rings (SSSR count). The fourth-order valence-electron chi connectivity index (χ4n) is 3.29. The van der Waals surface area contributed by atoms with Crippen LogP contribution in [0.25, 0.3) is 0 Å². The van der Waals surface area contributed by atoms with Gasteiger partial charge in [0.25, 0.3) is 0 Å². The monoisotopic (exact) mass is 418 g/mol. The van der Waals surface area contributed by atoms with E-state index in [0.29, 0.717) is 15.8 Å². The van der Waals surface area contributed by atoms with Crippen molar-refractivity contribution in [1.82, 2.24) is 5.01 Å². The van der Waals surface area contributed by atoms with Crippen molar-refractivity contribution in [3.8, 4) is 0 Å². The van der Waals surface area contributed by atoms with Crippen molar-refractivity contribution in [2.24, 2.45) is 10.1 Å². The van der Waals surface area contributed by atoms with Gasteiger partial charge in [-0.25, -0.2) is 9.38 Å². The Hall–Kier alpha value is -3.03. The number of thioether (sulfide) groups is 1. The Kier molecular flexibility index (Phi) is 4.61. The lowest BCUT2D eigenvalue weighted by molar-refractivity contribution is 0.557. The first kappa shape index (κ1) is 18.0. The third-order valence-electron chi connectivity index (χ3n) is 4.66. The third-order valence-corrected chi connectivity index (χ3v) is 6.00. The van der Waals surface area contributed by atoms with Crippen molar-refractivity contribution < 1.29 is 4.39 Å². The van der Waals surface area contributed by atoms with E-state index in [1.165, 1.54) is 17.8 Å². The molecule has 2 aliphatic heterocycles. The van der Waals surface area contributed by atoms with E-state index in [-0.39, 0.29) is 5.82 Å². The van der Waals surface area contributed by atoms with Gasteiger partial charge in [0, 0.05) is 16.8 Å². The summed E-state index contributed by atoms with van der Waals surface area (Å²) in [5.74, 6) is -0.314. The Bertz CT molecular complexity index is 1130. The minimum absolute atomic E-state index is 0.314. The summed E-state index contributed by atoms with van der Waals surface area (Å²) in [7, 11) is 0. The summed E-state index contributed by atoms with van der Waals surface area (Å²) in [4.78, 5) is 6.69. The van der Waals surface area contributed by atoms with E-state index in [9.17, 15) is 4.39 Å². The molecule has 142 valence electrons. The fraction of sp³-hybridized carbons (Fsp3) is 0.0455. The van der Waals surface area contributed by atoms with Crippen molar-refractivity contribution in [2.75, 3.05) is 4.90 Å². The number of thiocarbonyl (C=S) groups is 1. The maximum absolute atomic E-state index is 14.7. The largest absolute Gasteiger partial charge is 0.290 e. The van der Waals surface area contributed by atoms with Crippen LogP contribution in [0.2, 0.25) is 0 Å². The zero-order valence-corrected chi connectivity index (χ0v) is 16.8. The number of hydrazone groups is 1. The Labute approximate surface area is 177 Å². The number of nitrogens with zero attached hydrogens (tertiary/aromatic N) is 4. The van der Waals surface area contributed by atoms with Crippen LogP contribution in [0.4, 0.5) is 10.1 Å². The van der Waals surface area contributed by atoms with Gasteiger partial charge in [-0.3, -0.25) is 4.90 Å². The molecule has 4 nitrogen and oxygen atoms in total. The lowest BCUT2D eigenvalue weighted by Gasteiger charge is -2.37. The molecular weight excluding hydrogens is 403 g/mol. The molecule has 0 saturated heterocycles. The second-order valence-corrected chi connectivity index (χ2v) is 7.80. The van der Waals surface area contributed by atoms with Gasteiger partial charge in [0.2, 0.25) is 5.11 Å². The molecule has 1 atom stereocenters. The van der Waals surface area contributed by atoms with Gasteiger partial charge in [-0.15, -0.1) is 0 Å². The standard InChI is InChI=1S/C22H15FN4S2/c23-18-14-8-7-13-17(18)19-24-21-27(22(28)26(19)16-11-5-2-6-12-16)25-20(29-21)15-9-3-1-4-10-15/h1-14,19H. The highest BCUT2D eigenvalue weighted by molar-refractivity contribution is 8.27. The first-order chi connectivity index (χ1) is 14.2. The summed E-state index contributed by atoms with van der Waals surface area (Å²) in [6, 6.07) is 26.2. The van der Waals surface area contributed by atoms with Crippen LogP contribution in [0, 0.1) is 5.82 Å². The summed E-state index contributed by atoms with van der Waals surface area (Å²) in [6.45, 7) is 0. The van der Waals surface area contributed by atoms with E-state index >= 15 is 0 Å². The Morgan fingerprint density at radius 2 is 1.52 bits per heavy atom. The molecule has 0 N–H and O–H groups in total. The average Bonchev–Trinajstić information content (AvgIpc) is 3.20. The van der Waals surface area contributed by atoms with Gasteiger partial charge in [-0.1, -0.05) is 66.7 Å². The summed E-state index contributed by atoms with van der Waals surface area (Å²) >= 11 is 7.24. The number of hydrogen-bond acceptors (Lipinski definition) is 4. The Morgan fingerprint density at radius 1 is 0.862 bits per heavy atom. The second-order valence-electron chi connectivity index (χ2n) is 6.48. The van der Waals surface area contributed by atoms with Crippen LogP contribution in [0.15, 0.2) is 95.0 Å². The summed E-state index contributed by atoms with van der Waals surface area (Å²) < 4.78 is 14.7. The number of halogens is 1. The second kappa shape index (κ2) is 7.42. The van der Waals surface area contributed by atoms with Gasteiger partial charge < -0.3 is 0 Å². The molecule has 7 heteroatoms. The maximum Gasteiger partial charge on any atom is 0.205 e. The highest BCUT2D eigenvalue weighted by atomic mass is 32.2. The van der Waals surface area contributed by atoms with Crippen LogP contribution in [0.5, 0.6) is 0 Å². The van der Waals surface area contributed by atoms with Gasteiger partial charge in [0.05, 0.1) is 0 Å². The SMILES string of the molecule is Fc1ccccc1C1N=C2SC(c3ccccc3)=NN2C(=S)N1c1ccccc1. The van der Waals surface area contributed by atoms with Crippen molar-refractivity contribution in [1.29, 1.82) is 0 Å². The minimum Gasteiger partial charge on any atom is -0.290 e. The van der Waals surface area contributed by atoms with E-state index < -0.39 is 6.17 Å². The van der Waals surface area contributed by atoms with Crippen molar-refractivity contribution in [3.63, 3.8) is 0 Å². The average molecular weight is 419 g/mol. The molecule has 0 saturated carbocycles. The number of hydrogen-bond donors (Lipinski definition) is 0. The number of fused-ring (bicyclic) bond motifs is 1. The molecule has 2 heterocycles. The molecule has 3 aromatic rings. The highest BCUT2D eigenvalue weighted by Gasteiger charge is 2.39. The smallest absolute Gasteiger partial charge is 0.205 e. The van der Waals surface area contributed by atoms with E-state index in [1.807, 2.05) is 71.6 Å². The molecule has 0 radical (unpaired) electrons. The Morgan fingerprint density at radius 3 is 2.24 bits per heavy atom. The number of aliphatic imine (C=N–C) groups is 1. The molecule has 29 heavy (non-hydrogen) atoms.